The Morgan fingerprint density at radius 1 is 1.00 bits per heavy atom. The standard InChI is InChI=1S/C19H24N2O2S/c1-3-17-9-11-19(12-10-17)24(22,23)20-13-14-21(16(2)15-20)18-7-5-4-6-8-18/h4-12,16H,3,13-15H2,1-2H3. The van der Waals surface area contributed by atoms with Gasteiger partial charge in [0.1, 0.15) is 0 Å². The van der Waals surface area contributed by atoms with Crippen LogP contribution in [0, 0.1) is 0 Å². The third-order valence-electron chi connectivity index (χ3n) is 4.65. The van der Waals surface area contributed by atoms with Crippen LogP contribution in [0.15, 0.2) is 59.5 Å². The van der Waals surface area contributed by atoms with Crippen LogP contribution in [0.3, 0.4) is 0 Å². The van der Waals surface area contributed by atoms with Gasteiger partial charge in [-0.25, -0.2) is 8.42 Å². The van der Waals surface area contributed by atoms with Crippen LogP contribution in [0.1, 0.15) is 19.4 Å². The van der Waals surface area contributed by atoms with Gasteiger partial charge < -0.3 is 4.90 Å². The number of hydrogen-bond donors (Lipinski definition) is 0. The van der Waals surface area contributed by atoms with Gasteiger partial charge in [-0.05, 0) is 43.2 Å². The van der Waals surface area contributed by atoms with E-state index in [-0.39, 0.29) is 6.04 Å². The maximum Gasteiger partial charge on any atom is 0.243 e. The van der Waals surface area contributed by atoms with Crippen molar-refractivity contribution in [2.24, 2.45) is 0 Å². The average Bonchev–Trinajstić information content (AvgIpc) is 2.62. The van der Waals surface area contributed by atoms with Gasteiger partial charge in [0, 0.05) is 31.4 Å². The van der Waals surface area contributed by atoms with Crippen LogP contribution < -0.4 is 4.90 Å². The first kappa shape index (κ1) is 17.0. The lowest BCUT2D eigenvalue weighted by Gasteiger charge is -2.40. The fourth-order valence-electron chi connectivity index (χ4n) is 3.19. The monoisotopic (exact) mass is 344 g/mol. The van der Waals surface area contributed by atoms with Crippen LogP contribution in [0.4, 0.5) is 5.69 Å². The molecule has 0 aromatic heterocycles. The van der Waals surface area contributed by atoms with E-state index in [0.29, 0.717) is 24.5 Å². The molecule has 128 valence electrons. The molecule has 0 spiro atoms. The molecule has 0 saturated carbocycles. The second-order valence-electron chi connectivity index (χ2n) is 6.24. The van der Waals surface area contributed by atoms with Crippen molar-refractivity contribution in [2.75, 3.05) is 24.5 Å². The lowest BCUT2D eigenvalue weighted by Crippen LogP contribution is -2.53. The highest BCUT2D eigenvalue weighted by Crippen LogP contribution is 2.24. The number of para-hydroxylation sites is 1. The highest BCUT2D eigenvalue weighted by atomic mass is 32.2. The number of nitrogens with zero attached hydrogens (tertiary/aromatic N) is 2. The van der Waals surface area contributed by atoms with E-state index in [0.717, 1.165) is 17.7 Å². The normalized spacial score (nSPS) is 19.4. The third kappa shape index (κ3) is 3.32. The van der Waals surface area contributed by atoms with Gasteiger partial charge >= 0.3 is 0 Å². The lowest BCUT2D eigenvalue weighted by molar-refractivity contribution is 0.342. The van der Waals surface area contributed by atoms with Gasteiger partial charge in [0.25, 0.3) is 0 Å². The van der Waals surface area contributed by atoms with E-state index in [2.05, 4.69) is 30.9 Å². The molecule has 1 atom stereocenters. The molecule has 2 aromatic rings. The predicted octanol–water partition coefficient (Wildman–Crippen LogP) is 3.15. The van der Waals surface area contributed by atoms with Gasteiger partial charge in [0.15, 0.2) is 0 Å². The van der Waals surface area contributed by atoms with Crippen molar-refractivity contribution < 1.29 is 8.42 Å². The lowest BCUT2D eigenvalue weighted by atomic mass is 10.2. The Labute approximate surface area is 144 Å². The summed E-state index contributed by atoms with van der Waals surface area (Å²) < 4.78 is 27.4. The molecule has 0 aliphatic carbocycles. The third-order valence-corrected chi connectivity index (χ3v) is 6.53. The van der Waals surface area contributed by atoms with E-state index in [1.165, 1.54) is 0 Å². The molecule has 1 fully saturated rings. The Balaban J connectivity index is 1.76. The minimum absolute atomic E-state index is 0.144. The molecule has 4 nitrogen and oxygen atoms in total. The molecule has 24 heavy (non-hydrogen) atoms. The summed E-state index contributed by atoms with van der Waals surface area (Å²) in [5.74, 6) is 0. The van der Waals surface area contributed by atoms with Crippen molar-refractivity contribution >= 4 is 15.7 Å². The fraction of sp³-hybridized carbons (Fsp3) is 0.368. The number of hydrogen-bond acceptors (Lipinski definition) is 3. The van der Waals surface area contributed by atoms with Crippen molar-refractivity contribution in [3.05, 3.63) is 60.2 Å². The summed E-state index contributed by atoms with van der Waals surface area (Å²) in [6, 6.07) is 17.6. The molecule has 1 aliphatic rings. The summed E-state index contributed by atoms with van der Waals surface area (Å²) in [7, 11) is -3.42. The molecule has 1 heterocycles. The second kappa shape index (κ2) is 6.95. The molecule has 0 radical (unpaired) electrons. The van der Waals surface area contributed by atoms with Crippen molar-refractivity contribution in [3.8, 4) is 0 Å². The highest BCUT2D eigenvalue weighted by Gasteiger charge is 2.32. The van der Waals surface area contributed by atoms with Crippen LogP contribution >= 0.6 is 0 Å². The summed E-state index contributed by atoms with van der Waals surface area (Å²) in [4.78, 5) is 2.66. The van der Waals surface area contributed by atoms with E-state index in [1.54, 1.807) is 16.4 Å². The number of benzene rings is 2. The highest BCUT2D eigenvalue weighted by molar-refractivity contribution is 7.89. The molecule has 2 aromatic carbocycles. The summed E-state index contributed by atoms with van der Waals surface area (Å²) in [6.45, 7) is 5.87. The Kier molecular flexibility index (Phi) is 4.92. The summed E-state index contributed by atoms with van der Waals surface area (Å²) >= 11 is 0. The molecule has 0 bridgehead atoms. The first-order valence-corrected chi connectivity index (χ1v) is 9.87. The minimum atomic E-state index is -3.42. The fourth-order valence-corrected chi connectivity index (χ4v) is 4.70. The van der Waals surface area contributed by atoms with E-state index in [4.69, 9.17) is 0 Å². The molecule has 5 heteroatoms. The van der Waals surface area contributed by atoms with Crippen LogP contribution in [0.5, 0.6) is 0 Å². The number of anilines is 1. The zero-order valence-corrected chi connectivity index (χ0v) is 15.0. The maximum atomic E-state index is 12.9. The van der Waals surface area contributed by atoms with Crippen molar-refractivity contribution in [1.29, 1.82) is 0 Å². The van der Waals surface area contributed by atoms with E-state index in [1.807, 2.05) is 30.3 Å². The number of aryl methyl sites for hydroxylation is 1. The molecule has 1 saturated heterocycles. The Morgan fingerprint density at radius 3 is 2.25 bits per heavy atom. The minimum Gasteiger partial charge on any atom is -0.366 e. The number of sulfonamides is 1. The van der Waals surface area contributed by atoms with Crippen molar-refractivity contribution in [2.45, 2.75) is 31.2 Å². The number of piperazine rings is 1. The first-order valence-electron chi connectivity index (χ1n) is 8.43. The zero-order valence-electron chi connectivity index (χ0n) is 14.2. The molecule has 1 unspecified atom stereocenters. The van der Waals surface area contributed by atoms with Crippen LogP contribution in [-0.2, 0) is 16.4 Å². The Morgan fingerprint density at radius 2 is 1.67 bits per heavy atom. The van der Waals surface area contributed by atoms with Gasteiger partial charge in [0.2, 0.25) is 10.0 Å². The summed E-state index contributed by atoms with van der Waals surface area (Å²) in [5.41, 5.74) is 2.30. The Hall–Kier alpha value is -1.85. The van der Waals surface area contributed by atoms with E-state index >= 15 is 0 Å². The molecule has 0 N–H and O–H groups in total. The smallest absolute Gasteiger partial charge is 0.243 e. The molecular formula is C19H24N2O2S. The molecule has 1 aliphatic heterocycles. The van der Waals surface area contributed by atoms with Gasteiger partial charge in [-0.1, -0.05) is 37.3 Å². The van der Waals surface area contributed by atoms with Gasteiger partial charge in [-0.3, -0.25) is 0 Å². The molecular weight excluding hydrogens is 320 g/mol. The van der Waals surface area contributed by atoms with Crippen LogP contribution in [0.2, 0.25) is 0 Å². The largest absolute Gasteiger partial charge is 0.366 e. The maximum absolute atomic E-state index is 12.9. The van der Waals surface area contributed by atoms with Gasteiger partial charge in [-0.2, -0.15) is 4.31 Å². The SMILES string of the molecule is CCc1ccc(S(=O)(=O)N2CCN(c3ccccc3)C(C)C2)cc1. The predicted molar refractivity (Wildman–Crippen MR) is 97.8 cm³/mol. The van der Waals surface area contributed by atoms with Crippen molar-refractivity contribution in [1.82, 2.24) is 4.31 Å². The topological polar surface area (TPSA) is 40.6 Å². The van der Waals surface area contributed by atoms with E-state index < -0.39 is 10.0 Å². The van der Waals surface area contributed by atoms with Crippen molar-refractivity contribution in [3.63, 3.8) is 0 Å². The van der Waals surface area contributed by atoms with Gasteiger partial charge in [-0.15, -0.1) is 0 Å². The van der Waals surface area contributed by atoms with E-state index in [9.17, 15) is 8.42 Å². The Bertz CT molecular complexity index is 773. The van der Waals surface area contributed by atoms with Gasteiger partial charge in [0.05, 0.1) is 4.90 Å². The number of rotatable bonds is 4. The quantitative estimate of drug-likeness (QED) is 0.855. The first-order chi connectivity index (χ1) is 11.5. The van der Waals surface area contributed by atoms with Crippen LogP contribution in [0.25, 0.3) is 0 Å². The average molecular weight is 344 g/mol. The summed E-state index contributed by atoms with van der Waals surface area (Å²) in [5, 5.41) is 0. The molecule has 0 amide bonds. The molecule has 3 rings (SSSR count). The zero-order chi connectivity index (χ0) is 17.2. The van der Waals surface area contributed by atoms with Crippen LogP contribution in [-0.4, -0.2) is 38.4 Å². The summed E-state index contributed by atoms with van der Waals surface area (Å²) in [6.07, 6.45) is 0.910. The second-order valence-corrected chi connectivity index (χ2v) is 8.18.